The number of benzene rings is 2. The number of sulfonamides is 1. The molecule has 2 rings (SSSR count). The molecule has 0 spiro atoms. The fourth-order valence-corrected chi connectivity index (χ4v) is 4.77. The molecule has 2 aromatic rings. The van der Waals surface area contributed by atoms with Crippen molar-refractivity contribution in [3.8, 4) is 0 Å². The van der Waals surface area contributed by atoms with E-state index < -0.39 is 16.1 Å². The zero-order valence-electron chi connectivity index (χ0n) is 17.6. The number of aryl methyl sites for hydroxylation is 2. The van der Waals surface area contributed by atoms with E-state index in [1.165, 1.54) is 4.31 Å². The first-order valence-electron chi connectivity index (χ1n) is 9.71. The summed E-state index contributed by atoms with van der Waals surface area (Å²) in [6.07, 6.45) is 2.13. The topological polar surface area (TPSA) is 66.5 Å². The van der Waals surface area contributed by atoms with Crippen molar-refractivity contribution in [2.24, 2.45) is 0 Å². The minimum absolute atomic E-state index is 0.195. The third-order valence-electron chi connectivity index (χ3n) is 4.94. The van der Waals surface area contributed by atoms with Crippen LogP contribution in [0, 0.1) is 13.8 Å². The van der Waals surface area contributed by atoms with Crippen LogP contribution >= 0.6 is 11.6 Å². The molecule has 2 atom stereocenters. The van der Waals surface area contributed by atoms with Gasteiger partial charge in [-0.25, -0.2) is 8.42 Å². The lowest BCUT2D eigenvalue weighted by Crippen LogP contribution is -2.50. The Morgan fingerprint density at radius 3 is 2.21 bits per heavy atom. The number of hydrogen-bond donors (Lipinski definition) is 1. The van der Waals surface area contributed by atoms with Gasteiger partial charge in [0.1, 0.15) is 6.04 Å². The van der Waals surface area contributed by atoms with E-state index in [1.54, 1.807) is 32.0 Å². The Balaban J connectivity index is 2.40. The molecule has 2 unspecified atom stereocenters. The van der Waals surface area contributed by atoms with Gasteiger partial charge in [0.15, 0.2) is 0 Å². The number of halogens is 1. The summed E-state index contributed by atoms with van der Waals surface area (Å²) >= 11 is 6.12. The van der Waals surface area contributed by atoms with Crippen molar-refractivity contribution >= 4 is 33.2 Å². The number of hydrogen-bond acceptors (Lipinski definition) is 3. The number of anilines is 1. The molecule has 7 heteroatoms. The third kappa shape index (κ3) is 5.73. The standard InChI is InChI=1S/C22H29ClN2O3S/c1-6-19(17-11-8-15(3)9-12-17)24-22(26)20(7-2)25(29(5,27)28)21-14-18(23)13-10-16(21)4/h8-14,19-20H,6-7H2,1-5H3,(H,24,26). The van der Waals surface area contributed by atoms with Crippen LogP contribution in [0.4, 0.5) is 5.69 Å². The highest BCUT2D eigenvalue weighted by molar-refractivity contribution is 7.92. The molecule has 0 saturated heterocycles. The normalized spacial score (nSPS) is 13.6. The number of nitrogens with one attached hydrogen (secondary N) is 1. The first-order chi connectivity index (χ1) is 13.6. The average molecular weight is 437 g/mol. The van der Waals surface area contributed by atoms with Gasteiger partial charge in [-0.15, -0.1) is 0 Å². The number of rotatable bonds is 8. The maximum absolute atomic E-state index is 13.2. The molecule has 0 bridgehead atoms. The number of carbonyl (C=O) groups excluding carboxylic acids is 1. The monoisotopic (exact) mass is 436 g/mol. The van der Waals surface area contributed by atoms with Crippen molar-refractivity contribution in [3.05, 3.63) is 64.2 Å². The molecule has 0 saturated carbocycles. The molecule has 29 heavy (non-hydrogen) atoms. The van der Waals surface area contributed by atoms with Crippen LogP contribution < -0.4 is 9.62 Å². The summed E-state index contributed by atoms with van der Waals surface area (Å²) in [6, 6.07) is 11.9. The quantitative estimate of drug-likeness (QED) is 0.648. The molecule has 0 aromatic heterocycles. The van der Waals surface area contributed by atoms with E-state index in [2.05, 4.69) is 5.32 Å². The second-order valence-electron chi connectivity index (χ2n) is 7.29. The minimum atomic E-state index is -3.71. The lowest BCUT2D eigenvalue weighted by Gasteiger charge is -2.32. The smallest absolute Gasteiger partial charge is 0.244 e. The number of nitrogens with zero attached hydrogens (tertiary/aromatic N) is 1. The molecule has 158 valence electrons. The van der Waals surface area contributed by atoms with Crippen molar-refractivity contribution in [2.75, 3.05) is 10.6 Å². The van der Waals surface area contributed by atoms with Crippen molar-refractivity contribution in [3.63, 3.8) is 0 Å². The van der Waals surface area contributed by atoms with Gasteiger partial charge < -0.3 is 5.32 Å². The van der Waals surface area contributed by atoms with E-state index in [1.807, 2.05) is 38.1 Å². The highest BCUT2D eigenvalue weighted by Crippen LogP contribution is 2.29. The van der Waals surface area contributed by atoms with Crippen molar-refractivity contribution in [2.45, 2.75) is 52.6 Å². The molecule has 0 aliphatic rings. The molecule has 0 fully saturated rings. The van der Waals surface area contributed by atoms with Crippen molar-refractivity contribution < 1.29 is 13.2 Å². The fourth-order valence-electron chi connectivity index (χ4n) is 3.34. The zero-order chi connectivity index (χ0) is 21.8. The van der Waals surface area contributed by atoms with Gasteiger partial charge in [-0.05, 0) is 49.9 Å². The predicted molar refractivity (Wildman–Crippen MR) is 120 cm³/mol. The van der Waals surface area contributed by atoms with Crippen molar-refractivity contribution in [1.82, 2.24) is 5.32 Å². The Bertz CT molecular complexity index is 959. The van der Waals surface area contributed by atoms with Gasteiger partial charge in [0.05, 0.1) is 18.0 Å². The molecule has 0 aliphatic carbocycles. The Morgan fingerprint density at radius 1 is 1.07 bits per heavy atom. The highest BCUT2D eigenvalue weighted by Gasteiger charge is 2.33. The molecule has 1 amide bonds. The summed E-state index contributed by atoms with van der Waals surface area (Å²) in [7, 11) is -3.71. The molecule has 0 aliphatic heterocycles. The van der Waals surface area contributed by atoms with Crippen LogP contribution in [0.25, 0.3) is 0 Å². The maximum atomic E-state index is 13.2. The van der Waals surface area contributed by atoms with E-state index in [0.29, 0.717) is 23.6 Å². The summed E-state index contributed by atoms with van der Waals surface area (Å²) in [5.74, 6) is -0.329. The molecular formula is C22H29ClN2O3S. The van der Waals surface area contributed by atoms with Gasteiger partial charge in [0.25, 0.3) is 0 Å². The number of carbonyl (C=O) groups is 1. The molecule has 2 aromatic carbocycles. The summed E-state index contributed by atoms with van der Waals surface area (Å²) in [6.45, 7) is 7.60. The first kappa shape index (κ1) is 23.2. The lowest BCUT2D eigenvalue weighted by molar-refractivity contribution is -0.123. The van der Waals surface area contributed by atoms with Crippen LogP contribution in [0.5, 0.6) is 0 Å². The highest BCUT2D eigenvalue weighted by atomic mass is 35.5. The SMILES string of the molecule is CCC(NC(=O)C(CC)N(c1cc(Cl)ccc1C)S(C)(=O)=O)c1ccc(C)cc1. The van der Waals surface area contributed by atoms with Gasteiger partial charge in [-0.1, -0.05) is 61.3 Å². The summed E-state index contributed by atoms with van der Waals surface area (Å²) in [5.41, 5.74) is 3.29. The van der Waals surface area contributed by atoms with E-state index in [4.69, 9.17) is 11.6 Å². The summed E-state index contributed by atoms with van der Waals surface area (Å²) in [5, 5.41) is 3.45. The van der Waals surface area contributed by atoms with E-state index >= 15 is 0 Å². The van der Waals surface area contributed by atoms with Crippen LogP contribution in [0.1, 0.15) is 49.4 Å². The maximum Gasteiger partial charge on any atom is 0.244 e. The van der Waals surface area contributed by atoms with Gasteiger partial charge in [-0.3, -0.25) is 9.10 Å². The van der Waals surface area contributed by atoms with E-state index in [-0.39, 0.29) is 11.9 Å². The Kier molecular flexibility index (Phi) is 7.72. The fraction of sp³-hybridized carbons (Fsp3) is 0.409. The second kappa shape index (κ2) is 9.63. The van der Waals surface area contributed by atoms with Gasteiger partial charge in [-0.2, -0.15) is 0 Å². The summed E-state index contributed by atoms with van der Waals surface area (Å²) in [4.78, 5) is 13.2. The number of amides is 1. The third-order valence-corrected chi connectivity index (χ3v) is 6.34. The van der Waals surface area contributed by atoms with Crippen LogP contribution in [0.3, 0.4) is 0 Å². The molecular weight excluding hydrogens is 408 g/mol. The van der Waals surface area contributed by atoms with Crippen LogP contribution in [-0.2, 0) is 14.8 Å². The van der Waals surface area contributed by atoms with E-state index in [9.17, 15) is 13.2 Å². The second-order valence-corrected chi connectivity index (χ2v) is 9.59. The van der Waals surface area contributed by atoms with Crippen LogP contribution in [0.2, 0.25) is 5.02 Å². The van der Waals surface area contributed by atoms with Crippen molar-refractivity contribution in [1.29, 1.82) is 0 Å². The molecule has 0 heterocycles. The largest absolute Gasteiger partial charge is 0.347 e. The minimum Gasteiger partial charge on any atom is -0.347 e. The summed E-state index contributed by atoms with van der Waals surface area (Å²) < 4.78 is 26.5. The van der Waals surface area contributed by atoms with Gasteiger partial charge >= 0.3 is 0 Å². The predicted octanol–water partition coefficient (Wildman–Crippen LogP) is 4.77. The Labute approximate surface area is 179 Å². The van der Waals surface area contributed by atoms with E-state index in [0.717, 1.165) is 22.9 Å². The zero-order valence-corrected chi connectivity index (χ0v) is 19.1. The first-order valence-corrected chi connectivity index (χ1v) is 11.9. The van der Waals surface area contributed by atoms with Crippen LogP contribution in [0.15, 0.2) is 42.5 Å². The van der Waals surface area contributed by atoms with Gasteiger partial charge in [0.2, 0.25) is 15.9 Å². The van der Waals surface area contributed by atoms with Gasteiger partial charge in [0, 0.05) is 5.02 Å². The molecule has 5 nitrogen and oxygen atoms in total. The Hall–Kier alpha value is -2.05. The van der Waals surface area contributed by atoms with Crippen LogP contribution in [-0.4, -0.2) is 26.6 Å². The Morgan fingerprint density at radius 2 is 1.69 bits per heavy atom. The molecule has 0 radical (unpaired) electrons. The molecule has 1 N–H and O–H groups in total. The lowest BCUT2D eigenvalue weighted by atomic mass is 10.0. The average Bonchev–Trinajstić information content (AvgIpc) is 2.66.